The molecule has 4 heterocycles. The minimum absolute atomic E-state index is 0.284. The van der Waals surface area contributed by atoms with E-state index in [1.165, 1.54) is 17.5 Å². The molecule has 4 rings (SSSR count). The number of thiazole rings is 2. The van der Waals surface area contributed by atoms with Crippen molar-refractivity contribution in [1.82, 2.24) is 19.9 Å². The summed E-state index contributed by atoms with van der Waals surface area (Å²) < 4.78 is 25.8. The van der Waals surface area contributed by atoms with Crippen LogP contribution in [0.1, 0.15) is 21.1 Å². The van der Waals surface area contributed by atoms with E-state index in [4.69, 9.17) is 0 Å². The predicted molar refractivity (Wildman–Crippen MR) is 101 cm³/mol. The highest BCUT2D eigenvalue weighted by molar-refractivity contribution is 7.16. The first-order valence-electron chi connectivity index (χ1n) is 8.11. The number of halogens is 2. The SMILES string of the molecule is Cc1nc(C)c(-c2csc(Nc3ccc(C(=O)N4CC(F)(F)C4)cn3)n2)s1. The number of rotatable bonds is 4. The zero-order valence-corrected chi connectivity index (χ0v) is 16.1. The molecule has 1 aliphatic rings. The van der Waals surface area contributed by atoms with Crippen LogP contribution in [0.4, 0.5) is 19.7 Å². The summed E-state index contributed by atoms with van der Waals surface area (Å²) in [4.78, 5) is 27.4. The molecule has 27 heavy (non-hydrogen) atoms. The Labute approximate surface area is 161 Å². The summed E-state index contributed by atoms with van der Waals surface area (Å²) in [5.41, 5.74) is 2.09. The lowest BCUT2D eigenvalue weighted by atomic mass is 10.1. The number of nitrogens with zero attached hydrogens (tertiary/aromatic N) is 4. The first kappa shape index (κ1) is 17.9. The number of nitrogens with one attached hydrogen (secondary N) is 1. The maximum Gasteiger partial charge on any atom is 0.282 e. The summed E-state index contributed by atoms with van der Waals surface area (Å²) in [5, 5.41) is 6.70. The van der Waals surface area contributed by atoms with Crippen molar-refractivity contribution < 1.29 is 13.6 Å². The van der Waals surface area contributed by atoms with Gasteiger partial charge in [0.25, 0.3) is 11.8 Å². The number of pyridine rings is 1. The molecule has 1 amide bonds. The maximum absolute atomic E-state index is 12.9. The number of aromatic nitrogens is 3. The van der Waals surface area contributed by atoms with E-state index in [1.807, 2.05) is 19.2 Å². The highest BCUT2D eigenvalue weighted by atomic mass is 32.1. The number of anilines is 2. The predicted octanol–water partition coefficient (Wildman–Crippen LogP) is 4.11. The normalized spacial score (nSPS) is 15.5. The molecule has 10 heteroatoms. The van der Waals surface area contributed by atoms with Gasteiger partial charge in [0.1, 0.15) is 5.82 Å². The lowest BCUT2D eigenvalue weighted by Crippen LogP contribution is -2.58. The van der Waals surface area contributed by atoms with Crippen LogP contribution >= 0.6 is 22.7 Å². The summed E-state index contributed by atoms with van der Waals surface area (Å²) in [5.74, 6) is -2.69. The molecule has 1 fully saturated rings. The first-order chi connectivity index (χ1) is 12.8. The molecule has 1 aliphatic heterocycles. The third kappa shape index (κ3) is 3.67. The van der Waals surface area contributed by atoms with Crippen LogP contribution in [0.5, 0.6) is 0 Å². The van der Waals surface area contributed by atoms with Crippen LogP contribution in [0.2, 0.25) is 0 Å². The number of hydrogen-bond donors (Lipinski definition) is 1. The Bertz CT molecular complexity index is 991. The van der Waals surface area contributed by atoms with E-state index in [-0.39, 0.29) is 5.56 Å². The van der Waals surface area contributed by atoms with Crippen LogP contribution in [-0.2, 0) is 0 Å². The second-order valence-electron chi connectivity index (χ2n) is 6.26. The van der Waals surface area contributed by atoms with Crippen molar-refractivity contribution in [3.05, 3.63) is 40.0 Å². The van der Waals surface area contributed by atoms with Crippen LogP contribution in [0.3, 0.4) is 0 Å². The Kier molecular flexibility index (Phi) is 4.39. The molecular weight excluding hydrogens is 392 g/mol. The summed E-state index contributed by atoms with van der Waals surface area (Å²) in [6, 6.07) is 3.20. The average molecular weight is 407 g/mol. The van der Waals surface area contributed by atoms with Crippen molar-refractivity contribution in [2.75, 3.05) is 18.4 Å². The number of amides is 1. The Morgan fingerprint density at radius 1 is 1.26 bits per heavy atom. The van der Waals surface area contributed by atoms with E-state index >= 15 is 0 Å². The van der Waals surface area contributed by atoms with E-state index in [0.29, 0.717) is 10.9 Å². The van der Waals surface area contributed by atoms with Gasteiger partial charge in [-0.3, -0.25) is 4.79 Å². The van der Waals surface area contributed by atoms with Crippen molar-refractivity contribution in [2.24, 2.45) is 0 Å². The van der Waals surface area contributed by atoms with Gasteiger partial charge in [0.2, 0.25) is 0 Å². The average Bonchev–Trinajstić information content (AvgIpc) is 3.18. The van der Waals surface area contributed by atoms with Gasteiger partial charge in [-0.1, -0.05) is 0 Å². The van der Waals surface area contributed by atoms with Crippen molar-refractivity contribution >= 4 is 39.5 Å². The fourth-order valence-corrected chi connectivity index (χ4v) is 4.41. The highest BCUT2D eigenvalue weighted by Crippen LogP contribution is 2.33. The summed E-state index contributed by atoms with van der Waals surface area (Å²) in [6.07, 6.45) is 1.38. The zero-order valence-electron chi connectivity index (χ0n) is 14.5. The van der Waals surface area contributed by atoms with Crippen molar-refractivity contribution in [1.29, 1.82) is 0 Å². The van der Waals surface area contributed by atoms with Gasteiger partial charge in [-0.05, 0) is 26.0 Å². The highest BCUT2D eigenvalue weighted by Gasteiger charge is 2.46. The number of carbonyl (C=O) groups is 1. The Morgan fingerprint density at radius 2 is 2.04 bits per heavy atom. The van der Waals surface area contributed by atoms with Crippen LogP contribution < -0.4 is 5.32 Å². The fourth-order valence-electron chi connectivity index (χ4n) is 2.75. The molecule has 0 aromatic carbocycles. The van der Waals surface area contributed by atoms with Crippen LogP contribution in [-0.4, -0.2) is 44.8 Å². The molecule has 0 aliphatic carbocycles. The van der Waals surface area contributed by atoms with Crippen LogP contribution in [0.15, 0.2) is 23.7 Å². The molecule has 0 bridgehead atoms. The number of alkyl halides is 2. The minimum Gasteiger partial charge on any atom is -0.326 e. The molecule has 3 aromatic rings. The Hall–Kier alpha value is -2.46. The Balaban J connectivity index is 1.43. The van der Waals surface area contributed by atoms with Crippen molar-refractivity contribution in [3.8, 4) is 10.6 Å². The second-order valence-corrected chi connectivity index (χ2v) is 8.32. The number of hydrogen-bond acceptors (Lipinski definition) is 7. The molecule has 1 N–H and O–H groups in total. The van der Waals surface area contributed by atoms with Crippen molar-refractivity contribution in [3.63, 3.8) is 0 Å². The van der Waals surface area contributed by atoms with Gasteiger partial charge in [-0.15, -0.1) is 22.7 Å². The summed E-state index contributed by atoms with van der Waals surface area (Å²) >= 11 is 3.04. The number of likely N-dealkylation sites (tertiary alicyclic amines) is 1. The van der Waals surface area contributed by atoms with E-state index in [9.17, 15) is 13.6 Å². The van der Waals surface area contributed by atoms with Gasteiger partial charge < -0.3 is 10.2 Å². The largest absolute Gasteiger partial charge is 0.326 e. The second kappa shape index (κ2) is 6.61. The van der Waals surface area contributed by atoms with E-state index < -0.39 is 24.9 Å². The lowest BCUT2D eigenvalue weighted by Gasteiger charge is -2.38. The molecule has 6 nitrogen and oxygen atoms in total. The molecule has 0 atom stereocenters. The molecule has 0 radical (unpaired) electrons. The third-order valence-corrected chi connectivity index (χ3v) is 5.87. The quantitative estimate of drug-likeness (QED) is 0.705. The van der Waals surface area contributed by atoms with Crippen LogP contribution in [0.25, 0.3) is 10.6 Å². The number of aryl methyl sites for hydroxylation is 2. The monoisotopic (exact) mass is 407 g/mol. The van der Waals surface area contributed by atoms with Crippen molar-refractivity contribution in [2.45, 2.75) is 19.8 Å². The van der Waals surface area contributed by atoms with Gasteiger partial charge in [0.15, 0.2) is 5.13 Å². The smallest absolute Gasteiger partial charge is 0.282 e. The maximum atomic E-state index is 12.9. The standard InChI is InChI=1S/C17H15F2N5OS2/c1-9-14(27-10(2)21-9)12-6-26-16(22-12)23-13-4-3-11(5-20-13)15(25)24-7-17(18,19)8-24/h3-6H,7-8H2,1-2H3,(H,20,22,23). The molecule has 0 unspecified atom stereocenters. The molecule has 1 saturated heterocycles. The molecule has 140 valence electrons. The van der Waals surface area contributed by atoms with E-state index in [0.717, 1.165) is 26.2 Å². The van der Waals surface area contributed by atoms with Gasteiger partial charge >= 0.3 is 0 Å². The minimum atomic E-state index is -2.78. The first-order valence-corrected chi connectivity index (χ1v) is 9.80. The Morgan fingerprint density at radius 3 is 2.63 bits per heavy atom. The van der Waals surface area contributed by atoms with Gasteiger partial charge in [-0.25, -0.2) is 23.7 Å². The van der Waals surface area contributed by atoms with Crippen LogP contribution in [0, 0.1) is 13.8 Å². The fraction of sp³-hybridized carbons (Fsp3) is 0.294. The molecule has 0 saturated carbocycles. The van der Waals surface area contributed by atoms with E-state index in [2.05, 4.69) is 20.3 Å². The molecule has 0 spiro atoms. The third-order valence-electron chi connectivity index (χ3n) is 4.02. The van der Waals surface area contributed by atoms with Gasteiger partial charge in [0, 0.05) is 11.6 Å². The summed E-state index contributed by atoms with van der Waals surface area (Å²) in [7, 11) is 0. The zero-order chi connectivity index (χ0) is 19.2. The number of carbonyl (C=O) groups excluding carboxylic acids is 1. The lowest BCUT2D eigenvalue weighted by molar-refractivity contribution is -0.113. The topological polar surface area (TPSA) is 71.0 Å². The van der Waals surface area contributed by atoms with E-state index in [1.54, 1.807) is 23.5 Å². The molecular formula is C17H15F2N5OS2. The molecule has 3 aromatic heterocycles. The summed E-state index contributed by atoms with van der Waals surface area (Å²) in [6.45, 7) is 2.84. The van der Waals surface area contributed by atoms with Gasteiger partial charge in [-0.2, -0.15) is 0 Å². The van der Waals surface area contributed by atoms with Gasteiger partial charge in [0.05, 0.1) is 39.9 Å².